The van der Waals surface area contributed by atoms with Crippen molar-refractivity contribution in [2.45, 2.75) is 32.1 Å². The predicted molar refractivity (Wildman–Crippen MR) is 188 cm³/mol. The summed E-state index contributed by atoms with van der Waals surface area (Å²) in [7, 11) is -4.16. The number of carbonyl (C=O) groups excluding carboxylic acids is 1. The van der Waals surface area contributed by atoms with Gasteiger partial charge in [-0.3, -0.25) is 9.69 Å². The molecule has 4 aromatic carbocycles. The van der Waals surface area contributed by atoms with Gasteiger partial charge in [-0.25, -0.2) is 4.99 Å². The Balaban J connectivity index is 1.60. The van der Waals surface area contributed by atoms with Crippen LogP contribution < -0.4 is 13.8 Å². The topological polar surface area (TPSA) is 85.3 Å². The van der Waals surface area contributed by atoms with Crippen LogP contribution >= 0.6 is 35.0 Å². The standard InChI is InChI=1S/C35H30Cl2N2O5S2/c1-5-10-25-17-24(18-31(43-6-2)33(25)44-46(41,42)28-11-8-7-9-12-28)19-32-34(40)39(27-16-14-23(4)30(37)21-27)35(45-32)38-26-15-13-22(3)29(36)20-26/h5,7-9,11-21H,1,6,10H2,2-4H3/b32-19+,38-35?. The fraction of sp³-hybridized carbons (Fsp3) is 0.143. The van der Waals surface area contributed by atoms with E-state index in [-0.39, 0.29) is 35.3 Å². The number of ether oxygens (including phenoxy) is 1. The summed E-state index contributed by atoms with van der Waals surface area (Å²) in [6, 6.07) is 22.1. The fourth-order valence-electron chi connectivity index (χ4n) is 4.59. The van der Waals surface area contributed by atoms with E-state index in [1.165, 1.54) is 28.8 Å². The van der Waals surface area contributed by atoms with Gasteiger partial charge in [0.25, 0.3) is 5.91 Å². The monoisotopic (exact) mass is 692 g/mol. The highest BCUT2D eigenvalue weighted by Crippen LogP contribution is 2.41. The van der Waals surface area contributed by atoms with Crippen molar-refractivity contribution in [1.29, 1.82) is 0 Å². The number of aliphatic imine (C=N–C) groups is 1. The molecule has 0 atom stereocenters. The highest BCUT2D eigenvalue weighted by Gasteiger charge is 2.35. The Labute approximate surface area is 283 Å². The van der Waals surface area contributed by atoms with Gasteiger partial charge in [-0.1, -0.05) is 59.6 Å². The number of aryl methyl sites for hydroxylation is 2. The molecule has 0 spiro atoms. The molecule has 0 saturated carbocycles. The third-order valence-electron chi connectivity index (χ3n) is 6.94. The maximum Gasteiger partial charge on any atom is 0.339 e. The molecular formula is C35H30Cl2N2O5S2. The van der Waals surface area contributed by atoms with Gasteiger partial charge < -0.3 is 8.92 Å². The molecule has 0 aliphatic carbocycles. The average Bonchev–Trinajstić information content (AvgIpc) is 3.32. The Morgan fingerprint density at radius 3 is 2.30 bits per heavy atom. The zero-order valence-electron chi connectivity index (χ0n) is 25.3. The highest BCUT2D eigenvalue weighted by molar-refractivity contribution is 8.19. The lowest BCUT2D eigenvalue weighted by atomic mass is 10.0. The maximum absolute atomic E-state index is 14.0. The second-order valence-electron chi connectivity index (χ2n) is 10.3. The number of amides is 1. The number of carbonyl (C=O) groups is 1. The largest absolute Gasteiger partial charge is 0.490 e. The van der Waals surface area contributed by atoms with Gasteiger partial charge in [0.05, 0.1) is 22.9 Å². The summed E-state index contributed by atoms with van der Waals surface area (Å²) >= 11 is 14.0. The molecule has 11 heteroatoms. The number of hydrogen-bond acceptors (Lipinski definition) is 7. The van der Waals surface area contributed by atoms with E-state index < -0.39 is 10.1 Å². The third-order valence-corrected chi connectivity index (χ3v) is 9.96. The van der Waals surface area contributed by atoms with Crippen LogP contribution in [0.4, 0.5) is 11.4 Å². The zero-order valence-corrected chi connectivity index (χ0v) is 28.4. The van der Waals surface area contributed by atoms with Crippen molar-refractivity contribution in [3.63, 3.8) is 0 Å². The summed E-state index contributed by atoms with van der Waals surface area (Å²) in [5, 5.41) is 1.50. The number of anilines is 1. The normalized spacial score (nSPS) is 15.1. The molecule has 46 heavy (non-hydrogen) atoms. The van der Waals surface area contributed by atoms with Crippen molar-refractivity contribution in [3.05, 3.63) is 129 Å². The van der Waals surface area contributed by atoms with Crippen molar-refractivity contribution in [2.24, 2.45) is 4.99 Å². The van der Waals surface area contributed by atoms with Gasteiger partial charge in [-0.2, -0.15) is 8.42 Å². The Morgan fingerprint density at radius 2 is 1.65 bits per heavy atom. The molecule has 5 rings (SSSR count). The van der Waals surface area contributed by atoms with Crippen LogP contribution in [-0.2, 0) is 21.3 Å². The third kappa shape index (κ3) is 7.34. The van der Waals surface area contributed by atoms with Gasteiger partial charge in [0.15, 0.2) is 16.7 Å². The molecule has 1 aliphatic heterocycles. The number of nitrogens with zero attached hydrogens (tertiary/aromatic N) is 2. The summed E-state index contributed by atoms with van der Waals surface area (Å²) in [5.74, 6) is -0.0290. The minimum atomic E-state index is -4.16. The maximum atomic E-state index is 14.0. The molecule has 0 radical (unpaired) electrons. The molecule has 7 nitrogen and oxygen atoms in total. The Bertz CT molecular complexity index is 1990. The van der Waals surface area contributed by atoms with Gasteiger partial charge in [-0.15, -0.1) is 6.58 Å². The number of benzene rings is 4. The lowest BCUT2D eigenvalue weighted by Gasteiger charge is -2.17. The minimum absolute atomic E-state index is 0.0131. The zero-order chi connectivity index (χ0) is 33.0. The second-order valence-corrected chi connectivity index (χ2v) is 13.7. The van der Waals surface area contributed by atoms with Crippen molar-refractivity contribution < 1.29 is 22.1 Å². The smallest absolute Gasteiger partial charge is 0.339 e. The van der Waals surface area contributed by atoms with Gasteiger partial charge in [0.2, 0.25) is 0 Å². The van der Waals surface area contributed by atoms with Crippen LogP contribution in [0, 0.1) is 13.8 Å². The van der Waals surface area contributed by atoms with E-state index in [9.17, 15) is 13.2 Å². The summed E-state index contributed by atoms with van der Waals surface area (Å²) in [6.07, 6.45) is 3.64. The first-order valence-corrected chi connectivity index (χ1v) is 17.2. The minimum Gasteiger partial charge on any atom is -0.490 e. The number of hydrogen-bond donors (Lipinski definition) is 0. The first kappa shape index (κ1) is 33.3. The number of thioether (sulfide) groups is 1. The summed E-state index contributed by atoms with van der Waals surface area (Å²) in [6.45, 7) is 9.65. The van der Waals surface area contributed by atoms with E-state index in [2.05, 4.69) is 6.58 Å². The van der Waals surface area contributed by atoms with Crippen LogP contribution in [0.25, 0.3) is 6.08 Å². The molecule has 1 amide bonds. The molecule has 1 aliphatic rings. The van der Waals surface area contributed by atoms with Crippen molar-refractivity contribution >= 4 is 73.6 Å². The second kappa shape index (κ2) is 14.2. The van der Waals surface area contributed by atoms with E-state index >= 15 is 0 Å². The van der Waals surface area contributed by atoms with E-state index in [0.29, 0.717) is 42.6 Å². The van der Waals surface area contributed by atoms with E-state index in [1.54, 1.807) is 61.5 Å². The summed E-state index contributed by atoms with van der Waals surface area (Å²) in [5.41, 5.74) is 4.05. The van der Waals surface area contributed by atoms with E-state index in [4.69, 9.17) is 37.1 Å². The molecule has 1 saturated heterocycles. The van der Waals surface area contributed by atoms with Crippen LogP contribution in [0.5, 0.6) is 11.5 Å². The first-order valence-electron chi connectivity index (χ1n) is 14.3. The molecule has 0 aromatic heterocycles. The molecule has 0 unspecified atom stereocenters. The van der Waals surface area contributed by atoms with Crippen LogP contribution in [0.1, 0.15) is 29.2 Å². The predicted octanol–water partition coefficient (Wildman–Crippen LogP) is 9.31. The van der Waals surface area contributed by atoms with Crippen LogP contribution in [0.2, 0.25) is 10.0 Å². The van der Waals surface area contributed by atoms with Crippen LogP contribution in [-0.4, -0.2) is 26.1 Å². The summed E-state index contributed by atoms with van der Waals surface area (Å²) in [4.78, 5) is 20.7. The van der Waals surface area contributed by atoms with E-state index in [0.717, 1.165) is 11.1 Å². The molecule has 0 bridgehead atoms. The number of amidine groups is 1. The lowest BCUT2D eigenvalue weighted by molar-refractivity contribution is -0.113. The molecule has 236 valence electrons. The Kier molecular flexibility index (Phi) is 10.3. The quantitative estimate of drug-likeness (QED) is 0.0935. The molecular weight excluding hydrogens is 663 g/mol. The molecule has 1 fully saturated rings. The molecule has 4 aromatic rings. The summed E-state index contributed by atoms with van der Waals surface area (Å²) < 4.78 is 37.8. The fourth-order valence-corrected chi connectivity index (χ4v) is 6.93. The van der Waals surface area contributed by atoms with Crippen molar-refractivity contribution in [3.8, 4) is 11.5 Å². The average molecular weight is 694 g/mol. The molecule has 0 N–H and O–H groups in total. The SMILES string of the molecule is C=CCc1cc(/C=C2/SC(=Nc3ccc(C)c(Cl)c3)N(c3ccc(C)c(Cl)c3)C2=O)cc(OCC)c1OS(=O)(=O)c1ccccc1. The van der Waals surface area contributed by atoms with E-state index in [1.807, 2.05) is 38.1 Å². The van der Waals surface area contributed by atoms with Gasteiger partial charge in [0.1, 0.15) is 4.90 Å². The number of rotatable bonds is 10. The first-order chi connectivity index (χ1) is 22.0. The lowest BCUT2D eigenvalue weighted by Crippen LogP contribution is -2.28. The highest BCUT2D eigenvalue weighted by atomic mass is 35.5. The van der Waals surface area contributed by atoms with Crippen molar-refractivity contribution in [2.75, 3.05) is 11.5 Å². The van der Waals surface area contributed by atoms with Crippen LogP contribution in [0.15, 0.2) is 106 Å². The Morgan fingerprint density at radius 1 is 0.957 bits per heavy atom. The van der Waals surface area contributed by atoms with Crippen molar-refractivity contribution in [1.82, 2.24) is 0 Å². The van der Waals surface area contributed by atoms with Crippen LogP contribution in [0.3, 0.4) is 0 Å². The molecule has 1 heterocycles. The van der Waals surface area contributed by atoms with Gasteiger partial charge in [0, 0.05) is 15.6 Å². The number of allylic oxidation sites excluding steroid dienone is 1. The Hall–Kier alpha value is -4.02. The van der Waals surface area contributed by atoms with Gasteiger partial charge >= 0.3 is 10.1 Å². The van der Waals surface area contributed by atoms with Gasteiger partial charge in [-0.05, 0) is 110 Å². The number of halogens is 2.